The Morgan fingerprint density at radius 2 is 1.91 bits per heavy atom. The number of esters is 1. The van der Waals surface area contributed by atoms with Crippen LogP contribution in [0.2, 0.25) is 0 Å². The van der Waals surface area contributed by atoms with E-state index in [1.807, 2.05) is 5.32 Å². The summed E-state index contributed by atoms with van der Waals surface area (Å²) in [5, 5.41) is 11.7. The van der Waals surface area contributed by atoms with E-state index in [0.29, 0.717) is 0 Å². The van der Waals surface area contributed by atoms with E-state index in [9.17, 15) is 19.5 Å². The van der Waals surface area contributed by atoms with Gasteiger partial charge in [0.1, 0.15) is 5.56 Å². The lowest BCUT2D eigenvalue weighted by molar-refractivity contribution is -0.130. The molecular formula is C14H18N2O6. The van der Waals surface area contributed by atoms with Crippen molar-refractivity contribution < 1.29 is 29.0 Å². The van der Waals surface area contributed by atoms with Crippen LogP contribution in [0.4, 0.5) is 4.79 Å². The van der Waals surface area contributed by atoms with E-state index in [-0.39, 0.29) is 11.3 Å². The van der Waals surface area contributed by atoms with Crippen LogP contribution in [-0.2, 0) is 9.53 Å². The molecule has 1 rings (SSSR count). The van der Waals surface area contributed by atoms with Gasteiger partial charge < -0.3 is 20.3 Å². The molecule has 0 unspecified atom stereocenters. The van der Waals surface area contributed by atoms with Gasteiger partial charge >= 0.3 is 12.0 Å². The number of nitrogens with one attached hydrogen (secondary N) is 1. The zero-order chi connectivity index (χ0) is 16.9. The number of phenols is 1. The third kappa shape index (κ3) is 4.11. The standard InChI is InChI=1S/C14H18N2O6/c1-7(2)11(12(18)16-14(15)20)22-13(19)8-5-4-6-9(21-3)10(8)17/h4-7,11,17H,1-3H3,(H3,15,16,18,20)/t11-/m0/s1. The number of imide groups is 1. The number of hydrogen-bond donors (Lipinski definition) is 3. The lowest BCUT2D eigenvalue weighted by atomic mass is 10.1. The summed E-state index contributed by atoms with van der Waals surface area (Å²) in [4.78, 5) is 34.6. The average Bonchev–Trinajstić information content (AvgIpc) is 2.43. The minimum absolute atomic E-state index is 0.0946. The Morgan fingerprint density at radius 1 is 1.27 bits per heavy atom. The van der Waals surface area contributed by atoms with Crippen molar-refractivity contribution in [3.8, 4) is 11.5 Å². The van der Waals surface area contributed by atoms with Crippen molar-refractivity contribution in [2.24, 2.45) is 11.7 Å². The fourth-order valence-corrected chi connectivity index (χ4v) is 1.72. The molecular weight excluding hydrogens is 292 g/mol. The summed E-state index contributed by atoms with van der Waals surface area (Å²) >= 11 is 0. The molecule has 0 fully saturated rings. The van der Waals surface area contributed by atoms with Crippen LogP contribution in [0.3, 0.4) is 0 Å². The van der Waals surface area contributed by atoms with Crippen molar-refractivity contribution in [2.45, 2.75) is 20.0 Å². The highest BCUT2D eigenvalue weighted by Crippen LogP contribution is 2.30. The molecule has 0 aliphatic heterocycles. The Labute approximate surface area is 127 Å². The van der Waals surface area contributed by atoms with Crippen LogP contribution in [0.15, 0.2) is 18.2 Å². The van der Waals surface area contributed by atoms with Gasteiger partial charge in [-0.3, -0.25) is 10.1 Å². The van der Waals surface area contributed by atoms with Crippen molar-refractivity contribution in [1.82, 2.24) is 5.32 Å². The molecule has 0 heterocycles. The molecule has 8 heteroatoms. The van der Waals surface area contributed by atoms with Gasteiger partial charge in [-0.1, -0.05) is 19.9 Å². The highest BCUT2D eigenvalue weighted by atomic mass is 16.5. The molecule has 4 N–H and O–H groups in total. The van der Waals surface area contributed by atoms with Gasteiger partial charge in [-0.25, -0.2) is 9.59 Å². The number of ether oxygens (including phenoxy) is 2. The molecule has 0 aliphatic carbocycles. The molecule has 22 heavy (non-hydrogen) atoms. The van der Waals surface area contributed by atoms with Crippen molar-refractivity contribution in [1.29, 1.82) is 0 Å². The highest BCUT2D eigenvalue weighted by molar-refractivity contribution is 5.99. The fraction of sp³-hybridized carbons (Fsp3) is 0.357. The van der Waals surface area contributed by atoms with Crippen molar-refractivity contribution >= 4 is 17.9 Å². The molecule has 0 bridgehead atoms. The van der Waals surface area contributed by atoms with Gasteiger partial charge in [-0.15, -0.1) is 0 Å². The summed E-state index contributed by atoms with van der Waals surface area (Å²) < 4.78 is 9.96. The number of carbonyl (C=O) groups excluding carboxylic acids is 3. The molecule has 0 spiro atoms. The number of amides is 3. The van der Waals surface area contributed by atoms with Crippen molar-refractivity contribution in [2.75, 3.05) is 7.11 Å². The first-order valence-electron chi connectivity index (χ1n) is 6.45. The van der Waals surface area contributed by atoms with Gasteiger partial charge in [0.2, 0.25) is 0 Å². The Morgan fingerprint density at radius 3 is 2.41 bits per heavy atom. The molecule has 0 saturated heterocycles. The smallest absolute Gasteiger partial charge is 0.342 e. The summed E-state index contributed by atoms with van der Waals surface area (Å²) in [6.07, 6.45) is -1.23. The molecule has 8 nitrogen and oxygen atoms in total. The van der Waals surface area contributed by atoms with E-state index >= 15 is 0 Å². The number of hydrogen-bond acceptors (Lipinski definition) is 6. The minimum atomic E-state index is -1.23. The number of rotatable bonds is 5. The maximum Gasteiger partial charge on any atom is 0.342 e. The maximum atomic E-state index is 12.1. The second kappa shape index (κ2) is 7.30. The first kappa shape index (κ1) is 17.3. The third-order valence-corrected chi connectivity index (χ3v) is 2.78. The van der Waals surface area contributed by atoms with Gasteiger partial charge in [-0.2, -0.15) is 0 Å². The zero-order valence-electron chi connectivity index (χ0n) is 12.5. The predicted octanol–water partition coefficient (Wildman–Crippen LogP) is 0.777. The summed E-state index contributed by atoms with van der Waals surface area (Å²) in [5.74, 6) is -2.46. The van der Waals surface area contributed by atoms with Crippen molar-refractivity contribution in [3.05, 3.63) is 23.8 Å². The Bertz CT molecular complexity index is 585. The van der Waals surface area contributed by atoms with E-state index in [1.54, 1.807) is 13.8 Å². The Hall–Kier alpha value is -2.77. The largest absolute Gasteiger partial charge is 0.504 e. The first-order valence-corrected chi connectivity index (χ1v) is 6.45. The number of urea groups is 1. The summed E-state index contributed by atoms with van der Waals surface area (Å²) in [7, 11) is 1.33. The van der Waals surface area contributed by atoms with Crippen LogP contribution < -0.4 is 15.8 Å². The monoisotopic (exact) mass is 310 g/mol. The number of benzene rings is 1. The van der Waals surface area contributed by atoms with Crippen LogP contribution in [-0.4, -0.2) is 36.2 Å². The minimum Gasteiger partial charge on any atom is -0.504 e. The highest BCUT2D eigenvalue weighted by Gasteiger charge is 2.29. The number of nitrogens with two attached hydrogens (primary N) is 1. The molecule has 3 amide bonds. The fourth-order valence-electron chi connectivity index (χ4n) is 1.72. The summed E-state index contributed by atoms with van der Waals surface area (Å²) in [6, 6.07) is 3.23. The quantitative estimate of drug-likeness (QED) is 0.689. The van der Waals surface area contributed by atoms with Crippen LogP contribution >= 0.6 is 0 Å². The summed E-state index contributed by atoms with van der Waals surface area (Å²) in [5.41, 5.74) is 4.71. The predicted molar refractivity (Wildman–Crippen MR) is 76.4 cm³/mol. The van der Waals surface area contributed by atoms with E-state index in [2.05, 4.69) is 0 Å². The molecule has 1 aromatic carbocycles. The molecule has 0 saturated carbocycles. The van der Waals surface area contributed by atoms with Crippen LogP contribution in [0, 0.1) is 5.92 Å². The molecule has 0 radical (unpaired) electrons. The molecule has 1 atom stereocenters. The molecule has 1 aromatic rings. The Balaban J connectivity index is 2.97. The van der Waals surface area contributed by atoms with E-state index in [0.717, 1.165) is 0 Å². The maximum absolute atomic E-state index is 12.1. The first-order chi connectivity index (χ1) is 10.3. The number of phenolic OH excluding ortho intramolecular Hbond substituents is 1. The van der Waals surface area contributed by atoms with Gasteiger partial charge in [0.25, 0.3) is 5.91 Å². The second-order valence-corrected chi connectivity index (χ2v) is 4.78. The SMILES string of the molecule is COc1cccc(C(=O)O[C@H](C(=O)NC(N)=O)C(C)C)c1O. The lowest BCUT2D eigenvalue weighted by Crippen LogP contribution is -2.45. The van der Waals surface area contributed by atoms with Gasteiger partial charge in [-0.05, 0) is 18.1 Å². The topological polar surface area (TPSA) is 128 Å². The number of methoxy groups -OCH3 is 1. The lowest BCUT2D eigenvalue weighted by Gasteiger charge is -2.20. The molecule has 120 valence electrons. The van der Waals surface area contributed by atoms with E-state index in [4.69, 9.17) is 15.2 Å². The van der Waals surface area contributed by atoms with Gasteiger partial charge in [0.05, 0.1) is 7.11 Å². The van der Waals surface area contributed by atoms with E-state index < -0.39 is 35.7 Å². The zero-order valence-corrected chi connectivity index (χ0v) is 12.5. The summed E-state index contributed by atoms with van der Waals surface area (Å²) in [6.45, 7) is 3.26. The number of aromatic hydroxyl groups is 1. The van der Waals surface area contributed by atoms with Crippen molar-refractivity contribution in [3.63, 3.8) is 0 Å². The van der Waals surface area contributed by atoms with Crippen LogP contribution in [0.25, 0.3) is 0 Å². The van der Waals surface area contributed by atoms with Gasteiger partial charge in [0, 0.05) is 0 Å². The number of carbonyl (C=O) groups is 3. The van der Waals surface area contributed by atoms with Gasteiger partial charge in [0.15, 0.2) is 17.6 Å². The normalized spacial score (nSPS) is 11.6. The second-order valence-electron chi connectivity index (χ2n) is 4.78. The Kier molecular flexibility index (Phi) is 5.73. The van der Waals surface area contributed by atoms with E-state index in [1.165, 1.54) is 25.3 Å². The average molecular weight is 310 g/mol. The van der Waals surface area contributed by atoms with Crippen LogP contribution in [0.5, 0.6) is 11.5 Å². The van der Waals surface area contributed by atoms with Crippen LogP contribution in [0.1, 0.15) is 24.2 Å². The number of primary amides is 1. The molecule has 0 aromatic heterocycles. The molecule has 0 aliphatic rings. The third-order valence-electron chi connectivity index (χ3n) is 2.78. The number of para-hydroxylation sites is 1.